The number of hydrogen-bond donors (Lipinski definition) is 1. The molecule has 0 aliphatic carbocycles. The summed E-state index contributed by atoms with van der Waals surface area (Å²) in [6.07, 6.45) is 3.54. The summed E-state index contributed by atoms with van der Waals surface area (Å²) in [4.78, 5) is 7.90. The first-order valence-electron chi connectivity index (χ1n) is 7.07. The summed E-state index contributed by atoms with van der Waals surface area (Å²) in [5.41, 5.74) is 2.93. The molecule has 0 amide bonds. The van der Waals surface area contributed by atoms with Crippen LogP contribution in [0.5, 0.6) is 0 Å². The van der Waals surface area contributed by atoms with Gasteiger partial charge in [-0.25, -0.2) is 19.0 Å². The zero-order valence-corrected chi connectivity index (χ0v) is 12.4. The van der Waals surface area contributed by atoms with Crippen molar-refractivity contribution in [3.05, 3.63) is 60.1 Å². The highest BCUT2D eigenvalue weighted by atomic mass is 19.1. The van der Waals surface area contributed by atoms with Crippen LogP contribution in [0.3, 0.4) is 0 Å². The molecular formula is C16H16FN5. The summed E-state index contributed by atoms with van der Waals surface area (Å²) in [5.74, 6) is -0.251. The second-order valence-corrected chi connectivity index (χ2v) is 4.85. The SMILES string of the molecule is CCc1ncnc(Nc2cnn(-c3ccccc3)c2C)c1F. The number of rotatable bonds is 4. The van der Waals surface area contributed by atoms with Crippen LogP contribution in [0.15, 0.2) is 42.9 Å². The predicted molar refractivity (Wildman–Crippen MR) is 83.0 cm³/mol. The number of para-hydroxylation sites is 1. The van der Waals surface area contributed by atoms with Crippen LogP contribution in [0, 0.1) is 12.7 Å². The normalized spacial score (nSPS) is 10.7. The molecule has 22 heavy (non-hydrogen) atoms. The van der Waals surface area contributed by atoms with Gasteiger partial charge in [-0.05, 0) is 25.5 Å². The molecule has 0 aliphatic rings. The Morgan fingerprint density at radius 1 is 1.18 bits per heavy atom. The molecule has 2 aromatic heterocycles. The molecule has 0 spiro atoms. The number of nitrogens with zero attached hydrogens (tertiary/aromatic N) is 4. The van der Waals surface area contributed by atoms with E-state index >= 15 is 0 Å². The lowest BCUT2D eigenvalue weighted by atomic mass is 10.3. The molecule has 0 unspecified atom stereocenters. The Hall–Kier alpha value is -2.76. The molecule has 112 valence electrons. The van der Waals surface area contributed by atoms with Crippen molar-refractivity contribution in [2.45, 2.75) is 20.3 Å². The Balaban J connectivity index is 1.93. The van der Waals surface area contributed by atoms with Gasteiger partial charge in [-0.15, -0.1) is 0 Å². The monoisotopic (exact) mass is 297 g/mol. The molecule has 3 aromatic rings. The minimum atomic E-state index is -0.420. The minimum Gasteiger partial charge on any atom is -0.335 e. The number of anilines is 2. The van der Waals surface area contributed by atoms with E-state index in [9.17, 15) is 4.39 Å². The Morgan fingerprint density at radius 2 is 1.95 bits per heavy atom. The Bertz CT molecular complexity index is 782. The lowest BCUT2D eigenvalue weighted by molar-refractivity contribution is 0.598. The van der Waals surface area contributed by atoms with E-state index in [-0.39, 0.29) is 5.82 Å². The lowest BCUT2D eigenvalue weighted by Gasteiger charge is -2.08. The third-order valence-corrected chi connectivity index (χ3v) is 3.46. The smallest absolute Gasteiger partial charge is 0.187 e. The molecule has 0 atom stereocenters. The molecule has 1 N–H and O–H groups in total. The van der Waals surface area contributed by atoms with Crippen LogP contribution in [-0.4, -0.2) is 19.7 Å². The second-order valence-electron chi connectivity index (χ2n) is 4.85. The Kier molecular flexibility index (Phi) is 3.82. The number of benzene rings is 1. The van der Waals surface area contributed by atoms with E-state index in [1.165, 1.54) is 6.33 Å². The minimum absolute atomic E-state index is 0.169. The van der Waals surface area contributed by atoms with Crippen LogP contribution >= 0.6 is 0 Å². The van der Waals surface area contributed by atoms with E-state index in [0.717, 1.165) is 11.4 Å². The number of halogens is 1. The molecule has 0 fully saturated rings. The number of aromatic nitrogens is 4. The van der Waals surface area contributed by atoms with E-state index in [1.807, 2.05) is 44.2 Å². The van der Waals surface area contributed by atoms with Crippen molar-refractivity contribution in [3.63, 3.8) is 0 Å². The number of nitrogens with one attached hydrogen (secondary N) is 1. The second kappa shape index (κ2) is 5.93. The quantitative estimate of drug-likeness (QED) is 0.801. The Morgan fingerprint density at radius 3 is 2.68 bits per heavy atom. The van der Waals surface area contributed by atoms with Crippen molar-refractivity contribution >= 4 is 11.5 Å². The summed E-state index contributed by atoms with van der Waals surface area (Å²) >= 11 is 0. The van der Waals surface area contributed by atoms with Crippen LogP contribution < -0.4 is 5.32 Å². The predicted octanol–water partition coefficient (Wildman–Crippen LogP) is 3.42. The molecule has 3 rings (SSSR count). The summed E-state index contributed by atoms with van der Waals surface area (Å²) in [7, 11) is 0. The van der Waals surface area contributed by atoms with Gasteiger partial charge in [0.05, 0.1) is 29.0 Å². The van der Waals surface area contributed by atoms with Gasteiger partial charge < -0.3 is 5.32 Å². The molecule has 0 aliphatic heterocycles. The lowest BCUT2D eigenvalue weighted by Crippen LogP contribution is -2.04. The highest BCUT2D eigenvalue weighted by Gasteiger charge is 2.13. The van der Waals surface area contributed by atoms with Crippen LogP contribution in [0.25, 0.3) is 5.69 Å². The van der Waals surface area contributed by atoms with Crippen LogP contribution in [0.1, 0.15) is 18.3 Å². The summed E-state index contributed by atoms with van der Waals surface area (Å²) in [6, 6.07) is 9.76. The zero-order valence-electron chi connectivity index (χ0n) is 12.4. The molecule has 0 saturated heterocycles. The van der Waals surface area contributed by atoms with Crippen molar-refractivity contribution < 1.29 is 4.39 Å². The third kappa shape index (κ3) is 2.55. The fraction of sp³-hybridized carbons (Fsp3) is 0.188. The van der Waals surface area contributed by atoms with E-state index in [2.05, 4.69) is 20.4 Å². The summed E-state index contributed by atoms with van der Waals surface area (Å²) in [5, 5.41) is 7.34. The van der Waals surface area contributed by atoms with Crippen molar-refractivity contribution in [2.75, 3.05) is 5.32 Å². The average molecular weight is 297 g/mol. The van der Waals surface area contributed by atoms with Gasteiger partial charge in [-0.1, -0.05) is 25.1 Å². The van der Waals surface area contributed by atoms with Gasteiger partial charge in [-0.3, -0.25) is 0 Å². The molecule has 0 radical (unpaired) electrons. The molecule has 5 nitrogen and oxygen atoms in total. The van der Waals surface area contributed by atoms with Gasteiger partial charge in [0, 0.05) is 0 Å². The van der Waals surface area contributed by atoms with Crippen molar-refractivity contribution in [2.24, 2.45) is 0 Å². The molecule has 0 bridgehead atoms. The highest BCUT2D eigenvalue weighted by Crippen LogP contribution is 2.23. The zero-order chi connectivity index (χ0) is 15.5. The van der Waals surface area contributed by atoms with E-state index in [4.69, 9.17) is 0 Å². The maximum absolute atomic E-state index is 14.2. The van der Waals surface area contributed by atoms with Crippen LogP contribution in [0.4, 0.5) is 15.9 Å². The fourth-order valence-corrected chi connectivity index (χ4v) is 2.23. The van der Waals surface area contributed by atoms with Crippen molar-refractivity contribution in [1.29, 1.82) is 0 Å². The van der Waals surface area contributed by atoms with Gasteiger partial charge in [0.1, 0.15) is 6.33 Å². The van der Waals surface area contributed by atoms with Gasteiger partial charge in [0.2, 0.25) is 0 Å². The Labute approximate surface area is 127 Å². The molecule has 1 aromatic carbocycles. The van der Waals surface area contributed by atoms with E-state index < -0.39 is 5.82 Å². The number of hydrogen-bond acceptors (Lipinski definition) is 4. The van der Waals surface area contributed by atoms with Crippen molar-refractivity contribution in [1.82, 2.24) is 19.7 Å². The first kappa shape index (κ1) is 14.2. The molecule has 2 heterocycles. The fourth-order valence-electron chi connectivity index (χ4n) is 2.23. The number of aryl methyl sites for hydroxylation is 1. The maximum atomic E-state index is 14.2. The van der Waals surface area contributed by atoms with E-state index in [0.29, 0.717) is 17.8 Å². The largest absolute Gasteiger partial charge is 0.335 e. The molecule has 6 heteroatoms. The first-order valence-corrected chi connectivity index (χ1v) is 7.07. The molecular weight excluding hydrogens is 281 g/mol. The van der Waals surface area contributed by atoms with Gasteiger partial charge >= 0.3 is 0 Å². The van der Waals surface area contributed by atoms with Gasteiger partial charge in [-0.2, -0.15) is 5.10 Å². The molecule has 0 saturated carbocycles. The topological polar surface area (TPSA) is 55.6 Å². The van der Waals surface area contributed by atoms with Crippen molar-refractivity contribution in [3.8, 4) is 5.69 Å². The average Bonchev–Trinajstić information content (AvgIpc) is 2.91. The van der Waals surface area contributed by atoms with Crippen LogP contribution in [-0.2, 0) is 6.42 Å². The first-order chi connectivity index (χ1) is 10.7. The van der Waals surface area contributed by atoms with Gasteiger partial charge in [0.15, 0.2) is 11.6 Å². The van der Waals surface area contributed by atoms with E-state index in [1.54, 1.807) is 10.9 Å². The third-order valence-electron chi connectivity index (χ3n) is 3.46. The summed E-state index contributed by atoms with van der Waals surface area (Å²) in [6.45, 7) is 3.77. The highest BCUT2D eigenvalue weighted by molar-refractivity contribution is 5.59. The summed E-state index contributed by atoms with van der Waals surface area (Å²) < 4.78 is 16.0. The van der Waals surface area contributed by atoms with Crippen LogP contribution in [0.2, 0.25) is 0 Å². The maximum Gasteiger partial charge on any atom is 0.187 e. The standard InChI is InChI=1S/C16H16FN5/c1-3-13-15(17)16(19-10-18-13)21-14-9-20-22(11(14)2)12-7-5-4-6-8-12/h4-10H,3H2,1-2H3,(H,18,19,21). The van der Waals surface area contributed by atoms with Gasteiger partial charge in [0.25, 0.3) is 0 Å².